The summed E-state index contributed by atoms with van der Waals surface area (Å²) in [4.78, 5) is 8.90. The van der Waals surface area contributed by atoms with Gasteiger partial charge in [-0.3, -0.25) is 0 Å². The second-order valence-electron chi connectivity index (χ2n) is 4.88. The normalized spacial score (nSPS) is 11.0. The predicted octanol–water partition coefficient (Wildman–Crippen LogP) is 5.25. The summed E-state index contributed by atoms with van der Waals surface area (Å²) >= 11 is 9.36. The van der Waals surface area contributed by atoms with Crippen molar-refractivity contribution >= 4 is 33.3 Å². The SMILES string of the molecule is CCNc1nc(-c2cccc(Cl)c2F)nc(C(C)C)c1Br. The van der Waals surface area contributed by atoms with E-state index >= 15 is 0 Å². The van der Waals surface area contributed by atoms with Gasteiger partial charge in [0, 0.05) is 6.54 Å². The highest BCUT2D eigenvalue weighted by molar-refractivity contribution is 9.10. The molecule has 1 aromatic heterocycles. The van der Waals surface area contributed by atoms with Crippen molar-refractivity contribution < 1.29 is 4.39 Å². The quantitative estimate of drug-likeness (QED) is 0.796. The molecule has 2 aromatic rings. The number of nitrogens with one attached hydrogen (secondary N) is 1. The average molecular weight is 373 g/mol. The number of nitrogens with zero attached hydrogens (tertiary/aromatic N) is 2. The molecule has 0 amide bonds. The number of hydrogen-bond acceptors (Lipinski definition) is 3. The Morgan fingerprint density at radius 3 is 2.67 bits per heavy atom. The Morgan fingerprint density at radius 1 is 1.33 bits per heavy atom. The van der Waals surface area contributed by atoms with E-state index in [0.717, 1.165) is 10.2 Å². The molecule has 0 aliphatic rings. The van der Waals surface area contributed by atoms with Crippen molar-refractivity contribution in [3.05, 3.63) is 39.2 Å². The smallest absolute Gasteiger partial charge is 0.164 e. The van der Waals surface area contributed by atoms with Crippen molar-refractivity contribution in [1.29, 1.82) is 0 Å². The van der Waals surface area contributed by atoms with Crippen LogP contribution in [0, 0.1) is 5.82 Å². The standard InChI is InChI=1S/C15H16BrClFN3/c1-4-19-15-11(16)13(8(2)3)20-14(21-15)9-6-5-7-10(17)12(9)18/h5-8H,4H2,1-3H3,(H,19,20,21). The van der Waals surface area contributed by atoms with Crippen LogP contribution in [0.5, 0.6) is 0 Å². The third kappa shape index (κ3) is 3.35. The third-order valence-corrected chi connectivity index (χ3v) is 4.03. The van der Waals surface area contributed by atoms with Gasteiger partial charge >= 0.3 is 0 Å². The second-order valence-corrected chi connectivity index (χ2v) is 6.08. The van der Waals surface area contributed by atoms with Gasteiger partial charge in [0.15, 0.2) is 11.6 Å². The molecule has 0 unspecified atom stereocenters. The first kappa shape index (κ1) is 16.2. The molecule has 0 saturated heterocycles. The van der Waals surface area contributed by atoms with Crippen LogP contribution in [0.2, 0.25) is 5.02 Å². The Hall–Kier alpha value is -1.20. The van der Waals surface area contributed by atoms with Gasteiger partial charge in [-0.25, -0.2) is 14.4 Å². The summed E-state index contributed by atoms with van der Waals surface area (Å²) < 4.78 is 15.0. The minimum atomic E-state index is -0.501. The number of anilines is 1. The fraction of sp³-hybridized carbons (Fsp3) is 0.333. The van der Waals surface area contributed by atoms with E-state index in [1.165, 1.54) is 6.07 Å². The molecule has 6 heteroatoms. The molecule has 0 fully saturated rings. The topological polar surface area (TPSA) is 37.8 Å². The number of rotatable bonds is 4. The summed E-state index contributed by atoms with van der Waals surface area (Å²) in [5, 5.41) is 3.23. The highest BCUT2D eigenvalue weighted by atomic mass is 79.9. The molecule has 0 aliphatic carbocycles. The maximum atomic E-state index is 14.2. The summed E-state index contributed by atoms with van der Waals surface area (Å²) in [7, 11) is 0. The molecule has 3 nitrogen and oxygen atoms in total. The highest BCUT2D eigenvalue weighted by Gasteiger charge is 2.18. The van der Waals surface area contributed by atoms with Crippen LogP contribution in [0.15, 0.2) is 22.7 Å². The van der Waals surface area contributed by atoms with E-state index in [2.05, 4.69) is 31.2 Å². The molecule has 0 spiro atoms. The summed E-state index contributed by atoms with van der Waals surface area (Å²) in [5.74, 6) is 0.669. The first-order valence-corrected chi connectivity index (χ1v) is 7.88. The molecule has 0 atom stereocenters. The molecule has 1 N–H and O–H groups in total. The molecule has 0 saturated carbocycles. The summed E-state index contributed by atoms with van der Waals surface area (Å²) in [6.07, 6.45) is 0. The molecular formula is C15H16BrClFN3. The van der Waals surface area contributed by atoms with E-state index in [4.69, 9.17) is 11.6 Å². The van der Waals surface area contributed by atoms with Crippen LogP contribution in [-0.2, 0) is 0 Å². The van der Waals surface area contributed by atoms with Gasteiger partial charge in [0.05, 0.1) is 20.8 Å². The van der Waals surface area contributed by atoms with E-state index in [0.29, 0.717) is 23.8 Å². The Morgan fingerprint density at radius 2 is 2.05 bits per heavy atom. The zero-order chi connectivity index (χ0) is 15.6. The van der Waals surface area contributed by atoms with Crippen LogP contribution in [0.25, 0.3) is 11.4 Å². The lowest BCUT2D eigenvalue weighted by Gasteiger charge is -2.14. The minimum Gasteiger partial charge on any atom is -0.369 e. The van der Waals surface area contributed by atoms with Crippen LogP contribution in [-0.4, -0.2) is 16.5 Å². The summed E-state index contributed by atoms with van der Waals surface area (Å²) in [6.45, 7) is 6.75. The van der Waals surface area contributed by atoms with Crippen LogP contribution in [0.4, 0.5) is 10.2 Å². The van der Waals surface area contributed by atoms with Gasteiger partial charge < -0.3 is 5.32 Å². The Bertz CT molecular complexity index is 662. The van der Waals surface area contributed by atoms with Crippen molar-refractivity contribution in [2.45, 2.75) is 26.7 Å². The summed E-state index contributed by atoms with van der Waals surface area (Å²) in [6, 6.07) is 4.83. The van der Waals surface area contributed by atoms with E-state index in [1.807, 2.05) is 20.8 Å². The van der Waals surface area contributed by atoms with Crippen molar-refractivity contribution in [2.24, 2.45) is 0 Å². The lowest BCUT2D eigenvalue weighted by Crippen LogP contribution is -2.07. The molecule has 0 radical (unpaired) electrons. The van der Waals surface area contributed by atoms with Gasteiger partial charge in [0.2, 0.25) is 0 Å². The van der Waals surface area contributed by atoms with Crippen LogP contribution < -0.4 is 5.32 Å². The Kier molecular flexibility index (Phi) is 5.17. The average Bonchev–Trinajstić information content (AvgIpc) is 2.44. The van der Waals surface area contributed by atoms with E-state index in [-0.39, 0.29) is 10.9 Å². The first-order chi connectivity index (χ1) is 9.95. The molecule has 2 rings (SSSR count). The zero-order valence-corrected chi connectivity index (χ0v) is 14.4. The highest BCUT2D eigenvalue weighted by Crippen LogP contribution is 2.33. The van der Waals surface area contributed by atoms with Crippen LogP contribution >= 0.6 is 27.5 Å². The predicted molar refractivity (Wildman–Crippen MR) is 88.4 cm³/mol. The van der Waals surface area contributed by atoms with Crippen LogP contribution in [0.1, 0.15) is 32.4 Å². The lowest BCUT2D eigenvalue weighted by atomic mass is 10.1. The van der Waals surface area contributed by atoms with Gasteiger partial charge in [-0.1, -0.05) is 31.5 Å². The molecular weight excluding hydrogens is 357 g/mol. The maximum Gasteiger partial charge on any atom is 0.164 e. The molecule has 21 heavy (non-hydrogen) atoms. The monoisotopic (exact) mass is 371 g/mol. The molecule has 0 aliphatic heterocycles. The van der Waals surface area contributed by atoms with Crippen molar-refractivity contribution in [2.75, 3.05) is 11.9 Å². The number of aromatic nitrogens is 2. The minimum absolute atomic E-state index is 0.0649. The van der Waals surface area contributed by atoms with Gasteiger partial charge in [-0.05, 0) is 40.9 Å². The lowest BCUT2D eigenvalue weighted by molar-refractivity contribution is 0.630. The second kappa shape index (κ2) is 6.71. The zero-order valence-electron chi connectivity index (χ0n) is 12.0. The van der Waals surface area contributed by atoms with Crippen molar-refractivity contribution in [1.82, 2.24) is 9.97 Å². The van der Waals surface area contributed by atoms with E-state index < -0.39 is 5.82 Å². The number of benzene rings is 1. The van der Waals surface area contributed by atoms with Crippen LogP contribution in [0.3, 0.4) is 0 Å². The molecule has 0 bridgehead atoms. The van der Waals surface area contributed by atoms with Gasteiger partial charge in [0.25, 0.3) is 0 Å². The molecule has 112 valence electrons. The summed E-state index contributed by atoms with van der Waals surface area (Å²) in [5.41, 5.74) is 1.13. The molecule has 1 heterocycles. The first-order valence-electron chi connectivity index (χ1n) is 6.71. The fourth-order valence-corrected chi connectivity index (χ4v) is 2.88. The fourth-order valence-electron chi connectivity index (χ4n) is 1.93. The van der Waals surface area contributed by atoms with Gasteiger partial charge in [0.1, 0.15) is 5.82 Å². The largest absolute Gasteiger partial charge is 0.369 e. The third-order valence-electron chi connectivity index (χ3n) is 2.96. The maximum absolute atomic E-state index is 14.2. The Labute approximate surface area is 137 Å². The van der Waals surface area contributed by atoms with Crippen molar-refractivity contribution in [3.8, 4) is 11.4 Å². The van der Waals surface area contributed by atoms with Crippen molar-refractivity contribution in [3.63, 3.8) is 0 Å². The number of hydrogen-bond donors (Lipinski definition) is 1. The van der Waals surface area contributed by atoms with E-state index in [9.17, 15) is 4.39 Å². The van der Waals surface area contributed by atoms with E-state index in [1.54, 1.807) is 12.1 Å². The van der Waals surface area contributed by atoms with Gasteiger partial charge in [-0.15, -0.1) is 0 Å². The van der Waals surface area contributed by atoms with Gasteiger partial charge in [-0.2, -0.15) is 0 Å². The Balaban J connectivity index is 2.66. The number of halogens is 3. The molecule has 1 aromatic carbocycles.